The van der Waals surface area contributed by atoms with E-state index in [1.54, 1.807) is 0 Å². The van der Waals surface area contributed by atoms with Gasteiger partial charge >= 0.3 is 0 Å². The monoisotopic (exact) mass is 311 g/mol. The molecular weight excluding hydrogens is 286 g/mol. The predicted molar refractivity (Wildman–Crippen MR) is 87.7 cm³/mol. The molecule has 0 amide bonds. The van der Waals surface area contributed by atoms with Gasteiger partial charge in [-0.2, -0.15) is 0 Å². The molecule has 0 aromatic heterocycles. The molecule has 3 aliphatic carbocycles. The molecule has 1 saturated heterocycles. The Kier molecular flexibility index (Phi) is 2.38. The first-order chi connectivity index (χ1) is 11.2. The first-order valence-electron chi connectivity index (χ1n) is 9.48. The van der Waals surface area contributed by atoms with E-state index in [0.29, 0.717) is 6.04 Å². The maximum absolute atomic E-state index is 12.0. The summed E-state index contributed by atoms with van der Waals surface area (Å²) in [4.78, 5) is 2.64. The van der Waals surface area contributed by atoms with Crippen LogP contribution in [0.2, 0.25) is 0 Å². The third kappa shape index (κ3) is 1.45. The Labute approximate surface area is 137 Å². The lowest BCUT2D eigenvalue weighted by atomic mass is 9.49. The molecule has 2 heterocycles. The molecular formula is C20H25NO2. The predicted octanol–water partition coefficient (Wildman–Crippen LogP) is 2.64. The molecule has 1 aromatic carbocycles. The number of hydrogen-bond acceptors (Lipinski definition) is 3. The zero-order valence-electron chi connectivity index (χ0n) is 13.6. The van der Waals surface area contributed by atoms with E-state index in [2.05, 4.69) is 23.1 Å². The van der Waals surface area contributed by atoms with Gasteiger partial charge in [0.15, 0.2) is 0 Å². The second-order valence-corrected chi connectivity index (χ2v) is 8.59. The molecule has 122 valence electrons. The molecule has 6 rings (SSSR count). The summed E-state index contributed by atoms with van der Waals surface area (Å²) < 4.78 is 6.39. The average Bonchev–Trinajstić information content (AvgIpc) is 3.28. The quantitative estimate of drug-likeness (QED) is 0.911. The topological polar surface area (TPSA) is 32.7 Å². The van der Waals surface area contributed by atoms with E-state index >= 15 is 0 Å². The van der Waals surface area contributed by atoms with Crippen molar-refractivity contribution in [2.45, 2.75) is 68.1 Å². The van der Waals surface area contributed by atoms with Crippen molar-refractivity contribution < 1.29 is 9.84 Å². The van der Waals surface area contributed by atoms with Crippen LogP contribution >= 0.6 is 0 Å². The summed E-state index contributed by atoms with van der Waals surface area (Å²) in [6, 6.07) is 6.86. The average molecular weight is 311 g/mol. The molecule has 0 unspecified atom stereocenters. The Hall–Kier alpha value is -1.06. The van der Waals surface area contributed by atoms with Gasteiger partial charge in [-0.15, -0.1) is 0 Å². The van der Waals surface area contributed by atoms with Crippen LogP contribution in [0.4, 0.5) is 0 Å². The van der Waals surface area contributed by atoms with Crippen LogP contribution in [0.25, 0.3) is 0 Å². The summed E-state index contributed by atoms with van der Waals surface area (Å²) in [6.07, 6.45) is 8.20. The number of hydrogen-bond donors (Lipinski definition) is 1. The third-order valence-electron chi connectivity index (χ3n) is 7.56. The molecule has 3 fully saturated rings. The largest absolute Gasteiger partial charge is 0.489 e. The third-order valence-corrected chi connectivity index (χ3v) is 7.56. The number of likely N-dealkylation sites (tertiary alicyclic amines) is 1. The highest BCUT2D eigenvalue weighted by atomic mass is 16.5. The van der Waals surface area contributed by atoms with E-state index in [-0.39, 0.29) is 11.5 Å². The normalized spacial score (nSPS) is 43.9. The highest BCUT2D eigenvalue weighted by Crippen LogP contribution is 2.64. The molecule has 2 saturated carbocycles. The van der Waals surface area contributed by atoms with Gasteiger partial charge in [-0.05, 0) is 69.0 Å². The van der Waals surface area contributed by atoms with Crippen LogP contribution in [-0.2, 0) is 11.8 Å². The summed E-state index contributed by atoms with van der Waals surface area (Å²) in [5.41, 5.74) is 2.12. The fourth-order valence-corrected chi connectivity index (χ4v) is 6.45. The Morgan fingerprint density at radius 3 is 3.00 bits per heavy atom. The van der Waals surface area contributed by atoms with Gasteiger partial charge in [0, 0.05) is 18.2 Å². The molecule has 5 aliphatic rings. The van der Waals surface area contributed by atoms with Crippen molar-refractivity contribution in [2.24, 2.45) is 5.92 Å². The van der Waals surface area contributed by atoms with Crippen LogP contribution in [0.1, 0.15) is 49.7 Å². The van der Waals surface area contributed by atoms with Gasteiger partial charge in [-0.25, -0.2) is 0 Å². The minimum absolute atomic E-state index is 0.125. The second kappa shape index (κ2) is 4.12. The van der Waals surface area contributed by atoms with E-state index in [4.69, 9.17) is 4.74 Å². The van der Waals surface area contributed by atoms with Crippen molar-refractivity contribution in [2.75, 3.05) is 13.1 Å². The Bertz CT molecular complexity index is 684. The summed E-state index contributed by atoms with van der Waals surface area (Å²) >= 11 is 0. The van der Waals surface area contributed by atoms with Crippen LogP contribution in [-0.4, -0.2) is 40.8 Å². The van der Waals surface area contributed by atoms with Gasteiger partial charge in [0.05, 0.1) is 11.0 Å². The van der Waals surface area contributed by atoms with Gasteiger partial charge in [-0.3, -0.25) is 4.90 Å². The second-order valence-electron chi connectivity index (χ2n) is 8.59. The van der Waals surface area contributed by atoms with Gasteiger partial charge in [0.25, 0.3) is 0 Å². The summed E-state index contributed by atoms with van der Waals surface area (Å²) in [5.74, 6) is 1.96. The highest BCUT2D eigenvalue weighted by Gasteiger charge is 2.70. The maximum Gasteiger partial charge on any atom is 0.124 e. The zero-order valence-corrected chi connectivity index (χ0v) is 13.6. The van der Waals surface area contributed by atoms with Crippen molar-refractivity contribution >= 4 is 0 Å². The summed E-state index contributed by atoms with van der Waals surface area (Å²) in [7, 11) is 0. The van der Waals surface area contributed by atoms with Crippen molar-refractivity contribution in [3.63, 3.8) is 0 Å². The Morgan fingerprint density at radius 1 is 1.22 bits per heavy atom. The SMILES string of the molecule is O[C@@]12CCC[C@@H]3Oc4cccc5c4[C@@]31CCN(CC1CC1)[C@@H]2C5. The van der Waals surface area contributed by atoms with Crippen molar-refractivity contribution in [3.8, 4) is 5.75 Å². The lowest BCUT2D eigenvalue weighted by molar-refractivity contribution is -0.185. The number of piperidine rings is 1. The van der Waals surface area contributed by atoms with Crippen molar-refractivity contribution in [1.29, 1.82) is 0 Å². The minimum Gasteiger partial charge on any atom is -0.489 e. The van der Waals surface area contributed by atoms with Crippen LogP contribution in [0.5, 0.6) is 5.75 Å². The zero-order chi connectivity index (χ0) is 15.2. The molecule has 1 N–H and O–H groups in total. The molecule has 1 spiro atoms. The first-order valence-corrected chi connectivity index (χ1v) is 9.48. The number of aliphatic hydroxyl groups is 1. The van der Waals surface area contributed by atoms with Gasteiger partial charge in [0.1, 0.15) is 11.9 Å². The van der Waals surface area contributed by atoms with E-state index in [0.717, 1.165) is 50.3 Å². The lowest BCUT2D eigenvalue weighted by Gasteiger charge is -2.63. The molecule has 1 aromatic rings. The number of rotatable bonds is 2. The maximum atomic E-state index is 12.0. The van der Waals surface area contributed by atoms with Crippen LogP contribution in [0.3, 0.4) is 0 Å². The number of ether oxygens (including phenoxy) is 1. The van der Waals surface area contributed by atoms with E-state index in [9.17, 15) is 5.11 Å². The van der Waals surface area contributed by atoms with Crippen molar-refractivity contribution in [3.05, 3.63) is 29.3 Å². The fraction of sp³-hybridized carbons (Fsp3) is 0.700. The number of benzene rings is 1. The first kappa shape index (κ1) is 13.3. The lowest BCUT2D eigenvalue weighted by Crippen LogP contribution is -2.75. The highest BCUT2D eigenvalue weighted by molar-refractivity contribution is 5.57. The summed E-state index contributed by atoms with van der Waals surface area (Å²) in [5, 5.41) is 12.0. The number of nitrogens with zero attached hydrogens (tertiary/aromatic N) is 1. The minimum atomic E-state index is -0.581. The van der Waals surface area contributed by atoms with Gasteiger partial charge in [-0.1, -0.05) is 12.1 Å². The molecule has 2 aliphatic heterocycles. The van der Waals surface area contributed by atoms with Gasteiger partial charge < -0.3 is 9.84 Å². The molecule has 4 atom stereocenters. The fourth-order valence-electron chi connectivity index (χ4n) is 6.45. The molecule has 3 heteroatoms. The molecule has 3 nitrogen and oxygen atoms in total. The summed E-state index contributed by atoms with van der Waals surface area (Å²) in [6.45, 7) is 2.33. The Balaban J connectivity index is 1.55. The Morgan fingerprint density at radius 2 is 2.13 bits per heavy atom. The smallest absolute Gasteiger partial charge is 0.124 e. The molecule has 2 bridgehead atoms. The van der Waals surface area contributed by atoms with Gasteiger partial charge in [0.2, 0.25) is 0 Å². The molecule has 0 radical (unpaired) electrons. The van der Waals surface area contributed by atoms with Crippen LogP contribution in [0, 0.1) is 5.92 Å². The standard InChI is InChI=1S/C20H25NO2/c22-20-8-2-5-17-19(20)9-10-21(12-13-6-7-13)16(20)11-14-3-1-4-15(23-17)18(14)19/h1,3-4,13,16-17,22H,2,5-12H2/t16-,17+,19-,20-/m1/s1. The van der Waals surface area contributed by atoms with E-state index in [1.165, 1.54) is 30.5 Å². The van der Waals surface area contributed by atoms with Crippen molar-refractivity contribution in [1.82, 2.24) is 4.90 Å². The molecule has 23 heavy (non-hydrogen) atoms. The van der Waals surface area contributed by atoms with E-state index < -0.39 is 5.60 Å². The van der Waals surface area contributed by atoms with Crippen LogP contribution < -0.4 is 4.74 Å². The van der Waals surface area contributed by atoms with E-state index in [1.807, 2.05) is 0 Å². The van der Waals surface area contributed by atoms with Crippen LogP contribution in [0.15, 0.2) is 18.2 Å².